The molecule has 48 heteroatoms. The van der Waals surface area contributed by atoms with Crippen molar-refractivity contribution in [2.24, 2.45) is 0 Å². The molecule has 0 N–H and O–H groups in total. The van der Waals surface area contributed by atoms with Crippen LogP contribution in [0.25, 0.3) is 0 Å². The van der Waals surface area contributed by atoms with E-state index in [1.165, 1.54) is 0 Å². The van der Waals surface area contributed by atoms with Crippen LogP contribution in [-0.4, -0.2) is 203 Å². The number of benzene rings is 1. The minimum Gasteiger partial charge on any atom is -0.467 e. The molecule has 6 saturated heterocycles. The first-order valence-electron chi connectivity index (χ1n) is 20.2. The molecule has 0 amide bonds. The molecule has 0 spiro atoms. The van der Waals surface area contributed by atoms with E-state index in [0.29, 0.717) is 5.56 Å². The molecule has 0 radical (unpaired) electrons. The number of rotatable bonds is 8. The number of hydrogen-bond donors (Lipinski definition) is 0. The third-order valence-electron chi connectivity index (χ3n) is 8.50. The molecule has 10 atom stereocenters. The number of halogens is 6. The van der Waals surface area contributed by atoms with Crippen molar-refractivity contribution in [3.63, 3.8) is 0 Å². The zero-order valence-electron chi connectivity index (χ0n) is 41.2. The molecule has 0 aliphatic carbocycles. The van der Waals surface area contributed by atoms with Crippen LogP contribution >= 0.6 is 0 Å². The highest BCUT2D eigenvalue weighted by molar-refractivity contribution is 7.83. The van der Waals surface area contributed by atoms with Crippen molar-refractivity contribution in [2.45, 2.75) is 67.0 Å². The number of ether oxygens (including phenoxy) is 6. The monoisotopic (exact) mass is 1340 g/mol. The van der Waals surface area contributed by atoms with Crippen LogP contribution < -0.4 is 0 Å². The van der Waals surface area contributed by atoms with Gasteiger partial charge in [0.25, 0.3) is 6.36 Å². The molecule has 0 saturated carbocycles. The number of methoxy groups -OCH3 is 5. The van der Waals surface area contributed by atoms with Crippen molar-refractivity contribution >= 4 is 98.2 Å². The fourth-order valence-electron chi connectivity index (χ4n) is 5.07. The van der Waals surface area contributed by atoms with E-state index >= 15 is 0 Å². The van der Waals surface area contributed by atoms with Crippen LogP contribution in [0.15, 0.2) is 30.3 Å². The zero-order chi connectivity index (χ0) is 64.0. The van der Waals surface area contributed by atoms with Gasteiger partial charge in [-0.25, -0.2) is 75.0 Å². The molecular formula is C35H36F6O36S6. The van der Waals surface area contributed by atoms with Crippen LogP contribution in [0, 0.1) is 24.7 Å². The van der Waals surface area contributed by atoms with Gasteiger partial charge in [0.05, 0.1) is 35.5 Å². The smallest absolute Gasteiger partial charge is 0.419 e. The second-order valence-corrected chi connectivity index (χ2v) is 21.4. The van der Waals surface area contributed by atoms with Gasteiger partial charge < -0.3 is 28.4 Å². The van der Waals surface area contributed by atoms with Gasteiger partial charge in [0.1, 0.15) is 19.3 Å². The highest BCUT2D eigenvalue weighted by Gasteiger charge is 2.59. The molecule has 1 aromatic rings. The Morgan fingerprint density at radius 1 is 0.542 bits per heavy atom. The summed E-state index contributed by atoms with van der Waals surface area (Å²) in [6.45, 7) is -2.56. The molecule has 1 aromatic carbocycles. The number of esters is 6. The van der Waals surface area contributed by atoms with Crippen molar-refractivity contribution in [1.82, 2.24) is 0 Å². The number of hydrogen-bond acceptors (Lipinski definition) is 36. The molecule has 36 nitrogen and oxygen atoms in total. The Hall–Kier alpha value is -6.04. The normalized spacial score (nSPS) is 30.3. The van der Waals surface area contributed by atoms with Gasteiger partial charge in [-0.3, -0.25) is 0 Å². The Morgan fingerprint density at radius 3 is 1.35 bits per heavy atom. The third-order valence-corrected chi connectivity index (χ3v) is 13.8. The lowest BCUT2D eigenvalue weighted by Gasteiger charge is -2.15. The van der Waals surface area contributed by atoms with E-state index in [1.54, 1.807) is 30.3 Å². The van der Waals surface area contributed by atoms with Crippen LogP contribution in [0.4, 0.5) is 26.3 Å². The molecule has 10 unspecified atom stereocenters. The van der Waals surface area contributed by atoms with Crippen molar-refractivity contribution in [3.05, 3.63) is 35.9 Å². The third kappa shape index (κ3) is 21.8. The Balaban J connectivity index is 0.000000342. The molecule has 7 rings (SSSR count). The highest BCUT2D eigenvalue weighted by atomic mass is 32.3. The summed E-state index contributed by atoms with van der Waals surface area (Å²) in [4.78, 5) is 65.0. The summed E-state index contributed by atoms with van der Waals surface area (Å²) in [6, 6.07) is 8.46. The van der Waals surface area contributed by atoms with Gasteiger partial charge in [-0.1, -0.05) is 42.2 Å². The first-order valence-corrected chi connectivity index (χ1v) is 28.2. The van der Waals surface area contributed by atoms with Gasteiger partial charge in [-0.2, -0.15) is 80.8 Å². The summed E-state index contributed by atoms with van der Waals surface area (Å²) in [7, 11) is -21.4. The van der Waals surface area contributed by atoms with Crippen molar-refractivity contribution < 1.29 is 184 Å². The molecular weight excluding hydrogens is 1300 g/mol. The summed E-state index contributed by atoms with van der Waals surface area (Å²) < 4.78 is 275. The highest BCUT2D eigenvalue weighted by Crippen LogP contribution is 2.36. The van der Waals surface area contributed by atoms with Crippen molar-refractivity contribution in [2.75, 3.05) is 55.4 Å². The summed E-state index contributed by atoms with van der Waals surface area (Å²) in [6.07, 6.45) is -9.75. The van der Waals surface area contributed by atoms with Crippen LogP contribution in [0.1, 0.15) is 11.7 Å². The van der Waals surface area contributed by atoms with Gasteiger partial charge in [0, 0.05) is 0 Å². The minimum atomic E-state index is -5.04. The molecule has 470 valence electrons. The maximum absolute atomic E-state index is 13.3. The quantitative estimate of drug-likeness (QED) is 0.105. The second-order valence-electron chi connectivity index (χ2n) is 14.1. The van der Waals surface area contributed by atoms with Crippen molar-refractivity contribution in [1.29, 1.82) is 0 Å². The largest absolute Gasteiger partial charge is 0.467 e. The fraction of sp³-hybridized carbons (Fsp3) is 0.543. The lowest BCUT2D eigenvalue weighted by atomic mass is 10.0. The molecule has 6 heterocycles. The summed E-state index contributed by atoms with van der Waals surface area (Å²) in [5.74, 6) is -9.56. The topological polar surface area (TPSA) is 473 Å². The van der Waals surface area contributed by atoms with E-state index in [2.05, 4.69) is 74.4 Å². The number of carbonyl (C=O) groups is 6. The van der Waals surface area contributed by atoms with E-state index in [9.17, 15) is 106 Å². The summed E-state index contributed by atoms with van der Waals surface area (Å²) in [5.41, 5.74) is 0.531. The predicted octanol–water partition coefficient (Wildman–Crippen LogP) is -3.51. The Morgan fingerprint density at radius 2 is 0.940 bits per heavy atom. The molecule has 6 fully saturated rings. The SMILES string of the molecule is C#CC1OS(=O)(=O)OC1C(=O)OC.C#CCOC(=O)C1(F)COS(=O)(=O)O1.COC(=O)C1(F)COS(=O)(=O)O1.COC(=O)C1OS(=O)(=O)OC1C(F)(F)F.COC(=O)C1OS(=O)(=O)OC1F.COC(=O)C1OS(=O)(=O)OC1c1ccccc1. The number of alkyl halides is 6. The van der Waals surface area contributed by atoms with Crippen molar-refractivity contribution in [3.8, 4) is 24.7 Å². The zero-order valence-corrected chi connectivity index (χ0v) is 46.1. The average Bonchev–Trinajstić information content (AvgIpc) is 4.46. The maximum atomic E-state index is 13.3. The average molecular weight is 1340 g/mol. The molecule has 6 aliphatic heterocycles. The standard InChI is InChI=1S/C10H10O6S.C6H5FO6S.C6H6O6S.C5H5F3O6S.2C4H5FO6S/c1-14-10(11)9-8(15-17(12,13)16-9)7-5-3-2-4-6-7;1-2-3-11-5(8)6(7)4-12-14(9,10)13-6;1-3-4-5(6(7)10-2)12-13(8,9)11-4;1-12-4(9)2-3(5(6,7)8)14-15(10,11)13-2;1-9-3(6)4(5)2-10-12(7,8)11-4;1-9-4(6)2-3(5)11-12(7,8)10-2/h2-6,8-9H,1H3;1H,3-4H2;1,4-5H,2H3;2-3H,1H3;2H2,1H3;2-3H,1H3. The van der Waals surface area contributed by atoms with E-state index in [4.69, 9.17) is 17.0 Å². The van der Waals surface area contributed by atoms with Crippen LogP contribution in [0.5, 0.6) is 0 Å². The van der Waals surface area contributed by atoms with E-state index in [1.807, 2.05) is 11.8 Å². The Bertz CT molecular complexity index is 3300. The van der Waals surface area contributed by atoms with Gasteiger partial charge in [0.2, 0.25) is 30.5 Å². The number of terminal acetylenes is 2. The first kappa shape index (κ1) is 73.1. The van der Waals surface area contributed by atoms with Gasteiger partial charge in [-0.15, -0.1) is 12.8 Å². The van der Waals surface area contributed by atoms with E-state index in [-0.39, 0.29) is 0 Å². The van der Waals surface area contributed by atoms with Crippen LogP contribution in [-0.2, 0) is 170 Å². The first-order chi connectivity index (χ1) is 38.0. The summed E-state index contributed by atoms with van der Waals surface area (Å²) in [5, 5.41) is 0. The minimum absolute atomic E-state index is 0.478. The van der Waals surface area contributed by atoms with E-state index in [0.717, 1.165) is 35.5 Å². The van der Waals surface area contributed by atoms with Gasteiger partial charge in [-0.05, 0) is 5.56 Å². The Kier molecular flexibility index (Phi) is 25.7. The fourth-order valence-corrected chi connectivity index (χ4v) is 10.2. The molecule has 83 heavy (non-hydrogen) atoms. The van der Waals surface area contributed by atoms with Crippen LogP contribution in [0.2, 0.25) is 0 Å². The lowest BCUT2D eigenvalue weighted by Crippen LogP contribution is -2.42. The van der Waals surface area contributed by atoms with E-state index < -0.39 is 185 Å². The van der Waals surface area contributed by atoms with Gasteiger partial charge >= 0.3 is 116 Å². The second kappa shape index (κ2) is 29.2. The van der Waals surface area contributed by atoms with Gasteiger partial charge in [0.15, 0.2) is 12.7 Å². The predicted molar refractivity (Wildman–Crippen MR) is 236 cm³/mol. The number of carbonyl (C=O) groups excluding carboxylic acids is 6. The molecule has 0 bridgehead atoms. The molecule has 0 aromatic heterocycles. The molecule has 6 aliphatic rings. The van der Waals surface area contributed by atoms with Crippen LogP contribution in [0.3, 0.4) is 0 Å². The Labute approximate surface area is 463 Å². The lowest BCUT2D eigenvalue weighted by molar-refractivity contribution is -0.207. The summed E-state index contributed by atoms with van der Waals surface area (Å²) >= 11 is 0. The maximum Gasteiger partial charge on any atom is 0.419 e.